The number of ether oxygens (including phenoxy) is 1. The van der Waals surface area contributed by atoms with Crippen molar-refractivity contribution in [1.82, 2.24) is 0 Å². The lowest BCUT2D eigenvalue weighted by Crippen LogP contribution is -2.00. The molecule has 3 aromatic rings. The number of methoxy groups -OCH3 is 1. The van der Waals surface area contributed by atoms with E-state index in [1.54, 1.807) is 7.11 Å². The highest BCUT2D eigenvalue weighted by atomic mass is 16.5. The van der Waals surface area contributed by atoms with Crippen LogP contribution >= 0.6 is 0 Å². The van der Waals surface area contributed by atoms with Gasteiger partial charge >= 0.3 is 0 Å². The summed E-state index contributed by atoms with van der Waals surface area (Å²) in [5, 5.41) is 0. The molecule has 0 aromatic heterocycles. The molecule has 3 nitrogen and oxygen atoms in total. The molecular formula is C25H26N2O. The Morgan fingerprint density at radius 1 is 0.821 bits per heavy atom. The van der Waals surface area contributed by atoms with Gasteiger partial charge in [0.25, 0.3) is 0 Å². The summed E-state index contributed by atoms with van der Waals surface area (Å²) >= 11 is 0. The maximum atomic E-state index is 6.18. The number of benzene rings is 3. The quantitative estimate of drug-likeness (QED) is 0.602. The monoisotopic (exact) mass is 370 g/mol. The summed E-state index contributed by atoms with van der Waals surface area (Å²) in [6.45, 7) is 2.18. The third kappa shape index (κ3) is 3.24. The lowest BCUT2D eigenvalue weighted by molar-refractivity contribution is 0.414. The maximum absolute atomic E-state index is 6.18. The van der Waals surface area contributed by atoms with Crippen molar-refractivity contribution in [3.05, 3.63) is 88.5 Å². The number of allylic oxidation sites excluding steroid dienone is 1. The molecule has 0 atom stereocenters. The summed E-state index contributed by atoms with van der Waals surface area (Å²) in [5.41, 5.74) is 22.3. The Labute approximate surface area is 166 Å². The second-order valence-corrected chi connectivity index (χ2v) is 7.39. The molecule has 3 aromatic carbocycles. The number of hydrogen-bond donors (Lipinski definition) is 2. The van der Waals surface area contributed by atoms with E-state index in [2.05, 4.69) is 49.4 Å². The van der Waals surface area contributed by atoms with Gasteiger partial charge in [0.05, 0.1) is 18.5 Å². The molecule has 0 unspecified atom stereocenters. The maximum Gasteiger partial charge on any atom is 0.119 e. The van der Waals surface area contributed by atoms with Gasteiger partial charge in [-0.1, -0.05) is 36.4 Å². The highest BCUT2D eigenvalue weighted by Crippen LogP contribution is 2.42. The molecule has 0 bridgehead atoms. The fraction of sp³-hybridized carbons (Fsp3) is 0.200. The minimum Gasteiger partial charge on any atom is -0.497 e. The Morgan fingerprint density at radius 2 is 1.64 bits per heavy atom. The lowest BCUT2D eigenvalue weighted by Gasteiger charge is -2.19. The number of nitrogens with two attached hydrogens (primary N) is 2. The van der Waals surface area contributed by atoms with E-state index in [0.717, 1.165) is 30.6 Å². The van der Waals surface area contributed by atoms with Crippen LogP contribution in [0.25, 0.3) is 11.1 Å². The van der Waals surface area contributed by atoms with Gasteiger partial charge in [0.2, 0.25) is 0 Å². The van der Waals surface area contributed by atoms with Gasteiger partial charge in [0.15, 0.2) is 0 Å². The fourth-order valence-corrected chi connectivity index (χ4v) is 4.13. The molecule has 4 rings (SSSR count). The van der Waals surface area contributed by atoms with E-state index >= 15 is 0 Å². The van der Waals surface area contributed by atoms with Gasteiger partial charge in [-0.2, -0.15) is 0 Å². The molecule has 0 spiro atoms. The van der Waals surface area contributed by atoms with Crippen LogP contribution in [-0.2, 0) is 6.42 Å². The first-order chi connectivity index (χ1) is 13.6. The van der Waals surface area contributed by atoms with Crippen molar-refractivity contribution in [1.29, 1.82) is 0 Å². The summed E-state index contributed by atoms with van der Waals surface area (Å²) in [6.07, 6.45) is 3.13. The van der Waals surface area contributed by atoms with Crippen molar-refractivity contribution in [2.75, 3.05) is 18.6 Å². The molecule has 0 radical (unpaired) electrons. The highest BCUT2D eigenvalue weighted by molar-refractivity contribution is 6.01. The van der Waals surface area contributed by atoms with E-state index in [1.807, 2.05) is 18.2 Å². The molecule has 142 valence electrons. The fourth-order valence-electron chi connectivity index (χ4n) is 4.13. The Kier molecular flexibility index (Phi) is 4.82. The van der Waals surface area contributed by atoms with E-state index in [9.17, 15) is 0 Å². The Bertz CT molecular complexity index is 1070. The lowest BCUT2D eigenvalue weighted by atomic mass is 9.86. The molecule has 0 heterocycles. The topological polar surface area (TPSA) is 61.3 Å². The van der Waals surface area contributed by atoms with Crippen LogP contribution in [-0.4, -0.2) is 7.11 Å². The van der Waals surface area contributed by atoms with E-state index in [-0.39, 0.29) is 0 Å². The van der Waals surface area contributed by atoms with Gasteiger partial charge in [-0.25, -0.2) is 0 Å². The normalized spacial score (nSPS) is 13.8. The minimum atomic E-state index is 0.616. The first-order valence-electron chi connectivity index (χ1n) is 9.70. The van der Waals surface area contributed by atoms with Crippen LogP contribution in [0.4, 0.5) is 11.4 Å². The number of fused-ring (bicyclic) bond motifs is 1. The van der Waals surface area contributed by atoms with Gasteiger partial charge in [0, 0.05) is 0 Å². The second-order valence-electron chi connectivity index (χ2n) is 7.39. The standard InChI is InChI=1S/C25H26N2O/c1-16-6-3-4-8-20(16)22-9-5-7-17-14-19(28-2)11-12-21(17)25(22)18-10-13-23(26)24(27)15-18/h3-4,6,8,10-15H,5,7,9,26-27H2,1-2H3. The average molecular weight is 370 g/mol. The van der Waals surface area contributed by atoms with Gasteiger partial charge in [-0.15, -0.1) is 0 Å². The van der Waals surface area contributed by atoms with Gasteiger partial charge in [0.1, 0.15) is 5.75 Å². The number of hydrogen-bond acceptors (Lipinski definition) is 3. The van der Waals surface area contributed by atoms with Crippen LogP contribution in [0.3, 0.4) is 0 Å². The Balaban J connectivity index is 2.04. The predicted molar refractivity (Wildman–Crippen MR) is 118 cm³/mol. The third-order valence-corrected chi connectivity index (χ3v) is 5.60. The number of rotatable bonds is 3. The van der Waals surface area contributed by atoms with E-state index in [0.29, 0.717) is 11.4 Å². The van der Waals surface area contributed by atoms with Crippen LogP contribution in [0, 0.1) is 6.92 Å². The molecule has 0 saturated carbocycles. The van der Waals surface area contributed by atoms with Gasteiger partial charge in [-0.05, 0) is 89.4 Å². The van der Waals surface area contributed by atoms with E-state index in [4.69, 9.17) is 16.2 Å². The molecule has 0 fully saturated rings. The zero-order valence-electron chi connectivity index (χ0n) is 16.5. The van der Waals surface area contributed by atoms with Crippen molar-refractivity contribution in [2.45, 2.75) is 26.2 Å². The third-order valence-electron chi connectivity index (χ3n) is 5.60. The summed E-state index contributed by atoms with van der Waals surface area (Å²) < 4.78 is 5.47. The minimum absolute atomic E-state index is 0.616. The molecule has 28 heavy (non-hydrogen) atoms. The summed E-state index contributed by atoms with van der Waals surface area (Å²) in [6, 6.07) is 21.0. The Hall–Kier alpha value is -3.20. The number of anilines is 2. The van der Waals surface area contributed by atoms with Crippen molar-refractivity contribution in [2.24, 2.45) is 0 Å². The molecule has 1 aliphatic rings. The predicted octanol–water partition coefficient (Wildman–Crippen LogP) is 5.46. The van der Waals surface area contributed by atoms with Crippen LogP contribution in [0.2, 0.25) is 0 Å². The van der Waals surface area contributed by atoms with Crippen LogP contribution in [0.15, 0.2) is 60.7 Å². The van der Waals surface area contributed by atoms with Gasteiger partial charge in [-0.3, -0.25) is 0 Å². The molecule has 0 aliphatic heterocycles. The van der Waals surface area contributed by atoms with Gasteiger partial charge < -0.3 is 16.2 Å². The molecule has 1 aliphatic carbocycles. The smallest absolute Gasteiger partial charge is 0.119 e. The zero-order valence-corrected chi connectivity index (χ0v) is 16.5. The second kappa shape index (κ2) is 7.43. The first kappa shape index (κ1) is 18.2. The molecule has 4 N–H and O–H groups in total. The number of aryl methyl sites for hydroxylation is 2. The van der Waals surface area contributed by atoms with Crippen LogP contribution in [0.1, 0.15) is 40.7 Å². The van der Waals surface area contributed by atoms with E-state index < -0.39 is 0 Å². The Morgan fingerprint density at radius 3 is 2.39 bits per heavy atom. The first-order valence-corrected chi connectivity index (χ1v) is 9.70. The number of nitrogen functional groups attached to an aromatic ring is 2. The highest BCUT2D eigenvalue weighted by Gasteiger charge is 2.21. The summed E-state index contributed by atoms with van der Waals surface area (Å²) in [5.74, 6) is 0.897. The van der Waals surface area contributed by atoms with Crippen LogP contribution < -0.4 is 16.2 Å². The van der Waals surface area contributed by atoms with E-state index in [1.165, 1.54) is 33.4 Å². The molecular weight excluding hydrogens is 344 g/mol. The molecule has 0 amide bonds. The SMILES string of the molecule is COc1ccc2c(c1)CCCC(c1ccccc1C)=C2c1ccc(N)c(N)c1. The van der Waals surface area contributed by atoms with Crippen molar-refractivity contribution < 1.29 is 4.74 Å². The van der Waals surface area contributed by atoms with Crippen molar-refractivity contribution in [3.63, 3.8) is 0 Å². The van der Waals surface area contributed by atoms with Crippen LogP contribution in [0.5, 0.6) is 5.75 Å². The zero-order chi connectivity index (χ0) is 19.7. The molecule has 3 heteroatoms. The summed E-state index contributed by atoms with van der Waals surface area (Å²) in [7, 11) is 1.72. The van der Waals surface area contributed by atoms with Crippen molar-refractivity contribution in [3.8, 4) is 5.75 Å². The average Bonchev–Trinajstić information content (AvgIpc) is 2.89. The molecule has 0 saturated heterocycles. The van der Waals surface area contributed by atoms with Crippen molar-refractivity contribution >= 4 is 22.5 Å². The summed E-state index contributed by atoms with van der Waals surface area (Å²) in [4.78, 5) is 0. The largest absolute Gasteiger partial charge is 0.497 e.